The van der Waals surface area contributed by atoms with Gasteiger partial charge in [-0.2, -0.15) is 0 Å². The minimum atomic E-state index is -0.888. The van der Waals surface area contributed by atoms with Crippen LogP contribution in [0.4, 0.5) is 0 Å². The third-order valence-electron chi connectivity index (χ3n) is 3.06. The third-order valence-corrected chi connectivity index (χ3v) is 3.06. The van der Waals surface area contributed by atoms with Gasteiger partial charge in [-0.05, 0) is 18.6 Å². The van der Waals surface area contributed by atoms with E-state index in [1.165, 1.54) is 0 Å². The summed E-state index contributed by atoms with van der Waals surface area (Å²) < 4.78 is 7.48. The highest BCUT2D eigenvalue weighted by atomic mass is 16.5. The van der Waals surface area contributed by atoms with Crippen LogP contribution >= 0.6 is 0 Å². The number of hydrogen-bond acceptors (Lipinski definition) is 2. The van der Waals surface area contributed by atoms with Crippen LogP contribution in [0.15, 0.2) is 42.6 Å². The molecule has 2 rings (SSSR count). The van der Waals surface area contributed by atoms with Gasteiger partial charge in [-0.3, -0.25) is 0 Å². The number of ether oxygens (including phenoxy) is 1. The Balaban J connectivity index is 1.82. The monoisotopic (exact) mass is 259 g/mol. The summed E-state index contributed by atoms with van der Waals surface area (Å²) in [6.07, 6.45) is 1.78. The SMILES string of the molecule is Cc1c(C(=O)O)ccn1CCOCc1ccccc1. The quantitative estimate of drug-likeness (QED) is 0.811. The molecule has 0 bridgehead atoms. The fraction of sp³-hybridized carbons (Fsp3) is 0.267. The summed E-state index contributed by atoms with van der Waals surface area (Å²) in [6, 6.07) is 11.6. The van der Waals surface area contributed by atoms with E-state index in [2.05, 4.69) is 0 Å². The Morgan fingerprint density at radius 3 is 2.63 bits per heavy atom. The lowest BCUT2D eigenvalue weighted by Crippen LogP contribution is -2.08. The molecule has 0 radical (unpaired) electrons. The van der Waals surface area contributed by atoms with Crippen LogP contribution in [0.2, 0.25) is 0 Å². The molecule has 4 heteroatoms. The van der Waals surface area contributed by atoms with Gasteiger partial charge < -0.3 is 14.4 Å². The van der Waals surface area contributed by atoms with Crippen molar-refractivity contribution in [2.75, 3.05) is 6.61 Å². The number of aromatic carboxylic acids is 1. The second-order valence-electron chi connectivity index (χ2n) is 4.35. The van der Waals surface area contributed by atoms with E-state index in [-0.39, 0.29) is 0 Å². The second-order valence-corrected chi connectivity index (χ2v) is 4.35. The van der Waals surface area contributed by atoms with Gasteiger partial charge in [0.25, 0.3) is 0 Å². The molecule has 100 valence electrons. The lowest BCUT2D eigenvalue weighted by Gasteiger charge is -2.08. The van der Waals surface area contributed by atoms with Crippen LogP contribution in [0.5, 0.6) is 0 Å². The van der Waals surface area contributed by atoms with E-state index in [4.69, 9.17) is 9.84 Å². The second kappa shape index (κ2) is 6.20. The molecule has 0 fully saturated rings. The predicted octanol–water partition coefficient (Wildman–Crippen LogP) is 2.71. The van der Waals surface area contributed by atoms with Gasteiger partial charge >= 0.3 is 5.97 Å². The molecular formula is C15H17NO3. The minimum absolute atomic E-state index is 0.350. The van der Waals surface area contributed by atoms with Gasteiger partial charge in [-0.25, -0.2) is 4.79 Å². The van der Waals surface area contributed by atoms with Gasteiger partial charge in [0, 0.05) is 18.4 Å². The summed E-state index contributed by atoms with van der Waals surface area (Å²) in [6.45, 7) is 3.60. The van der Waals surface area contributed by atoms with Gasteiger partial charge in [0.05, 0.1) is 18.8 Å². The molecule has 0 atom stereocenters. The van der Waals surface area contributed by atoms with Crippen LogP contribution in [0.1, 0.15) is 21.6 Å². The van der Waals surface area contributed by atoms with E-state index >= 15 is 0 Å². The number of rotatable bonds is 6. The molecule has 4 nitrogen and oxygen atoms in total. The van der Waals surface area contributed by atoms with Crippen molar-refractivity contribution in [1.82, 2.24) is 4.57 Å². The minimum Gasteiger partial charge on any atom is -0.478 e. The molecule has 0 aliphatic heterocycles. The van der Waals surface area contributed by atoms with Crippen LogP contribution in [0, 0.1) is 6.92 Å². The lowest BCUT2D eigenvalue weighted by atomic mass is 10.2. The number of carboxylic acids is 1. The smallest absolute Gasteiger partial charge is 0.337 e. The largest absolute Gasteiger partial charge is 0.478 e. The van der Waals surface area contributed by atoms with Crippen molar-refractivity contribution in [2.24, 2.45) is 0 Å². The zero-order valence-corrected chi connectivity index (χ0v) is 10.9. The van der Waals surface area contributed by atoms with Crippen LogP contribution in [-0.2, 0) is 17.9 Å². The Morgan fingerprint density at radius 2 is 2.00 bits per heavy atom. The van der Waals surface area contributed by atoms with Crippen molar-refractivity contribution in [3.8, 4) is 0 Å². The third kappa shape index (κ3) is 3.45. The van der Waals surface area contributed by atoms with Gasteiger partial charge in [-0.15, -0.1) is 0 Å². The van der Waals surface area contributed by atoms with Crippen molar-refractivity contribution in [2.45, 2.75) is 20.1 Å². The van der Waals surface area contributed by atoms with E-state index in [0.717, 1.165) is 11.3 Å². The van der Waals surface area contributed by atoms with Crippen molar-refractivity contribution >= 4 is 5.97 Å². The number of carbonyl (C=O) groups is 1. The Labute approximate surface area is 112 Å². The summed E-state index contributed by atoms with van der Waals surface area (Å²) in [5, 5.41) is 8.95. The van der Waals surface area contributed by atoms with E-state index < -0.39 is 5.97 Å². The first-order valence-corrected chi connectivity index (χ1v) is 6.19. The highest BCUT2D eigenvalue weighted by Crippen LogP contribution is 2.10. The Kier molecular flexibility index (Phi) is 4.36. The molecule has 0 unspecified atom stereocenters. The maximum absolute atomic E-state index is 10.9. The van der Waals surface area contributed by atoms with Crippen molar-refractivity contribution in [3.05, 3.63) is 59.4 Å². The first-order valence-electron chi connectivity index (χ1n) is 6.19. The molecule has 19 heavy (non-hydrogen) atoms. The Hall–Kier alpha value is -2.07. The number of hydrogen-bond donors (Lipinski definition) is 1. The number of nitrogens with zero attached hydrogens (tertiary/aromatic N) is 1. The standard InChI is InChI=1S/C15H17NO3/c1-12-14(15(17)18)7-8-16(12)9-10-19-11-13-5-3-2-4-6-13/h2-8H,9-11H2,1H3,(H,17,18). The Bertz CT molecular complexity index is 546. The van der Waals surface area contributed by atoms with E-state index in [1.807, 2.05) is 34.9 Å². The zero-order chi connectivity index (χ0) is 13.7. The molecule has 2 aromatic rings. The maximum atomic E-state index is 10.9. The molecule has 1 N–H and O–H groups in total. The molecule has 0 saturated heterocycles. The molecule has 1 aromatic carbocycles. The molecule has 0 aliphatic rings. The first kappa shape index (κ1) is 13.4. The van der Waals surface area contributed by atoms with Gasteiger partial charge in [0.2, 0.25) is 0 Å². The van der Waals surface area contributed by atoms with Gasteiger partial charge in [0.15, 0.2) is 0 Å². The number of benzene rings is 1. The summed E-state index contributed by atoms with van der Waals surface area (Å²) in [5.74, 6) is -0.888. The van der Waals surface area contributed by atoms with E-state index in [0.29, 0.717) is 25.3 Å². The topological polar surface area (TPSA) is 51.5 Å². The van der Waals surface area contributed by atoms with Gasteiger partial charge in [-0.1, -0.05) is 30.3 Å². The number of carboxylic acid groups (broad SMARTS) is 1. The van der Waals surface area contributed by atoms with E-state index in [1.54, 1.807) is 19.2 Å². The fourth-order valence-corrected chi connectivity index (χ4v) is 1.95. The van der Waals surface area contributed by atoms with Crippen molar-refractivity contribution < 1.29 is 14.6 Å². The fourth-order valence-electron chi connectivity index (χ4n) is 1.95. The molecule has 0 aliphatic carbocycles. The van der Waals surface area contributed by atoms with E-state index in [9.17, 15) is 4.79 Å². The normalized spacial score (nSPS) is 10.6. The first-order chi connectivity index (χ1) is 9.18. The van der Waals surface area contributed by atoms with Gasteiger partial charge in [0.1, 0.15) is 0 Å². The molecule has 1 aromatic heterocycles. The highest BCUT2D eigenvalue weighted by molar-refractivity contribution is 5.88. The molecule has 1 heterocycles. The van der Waals surface area contributed by atoms with Crippen LogP contribution in [-0.4, -0.2) is 22.2 Å². The lowest BCUT2D eigenvalue weighted by molar-refractivity contribution is 0.0695. The molecular weight excluding hydrogens is 242 g/mol. The average molecular weight is 259 g/mol. The number of aromatic nitrogens is 1. The maximum Gasteiger partial charge on any atom is 0.337 e. The average Bonchev–Trinajstić information content (AvgIpc) is 2.77. The molecule has 0 saturated carbocycles. The van der Waals surface area contributed by atoms with Crippen LogP contribution < -0.4 is 0 Å². The summed E-state index contributed by atoms with van der Waals surface area (Å²) in [4.78, 5) is 10.9. The Morgan fingerprint density at radius 1 is 1.26 bits per heavy atom. The summed E-state index contributed by atoms with van der Waals surface area (Å²) in [5.41, 5.74) is 2.25. The van der Waals surface area contributed by atoms with Crippen LogP contribution in [0.3, 0.4) is 0 Å². The summed E-state index contributed by atoms with van der Waals surface area (Å²) in [7, 11) is 0. The molecule has 0 spiro atoms. The predicted molar refractivity (Wildman–Crippen MR) is 72.2 cm³/mol. The summed E-state index contributed by atoms with van der Waals surface area (Å²) >= 11 is 0. The van der Waals surface area contributed by atoms with Crippen molar-refractivity contribution in [3.63, 3.8) is 0 Å². The zero-order valence-electron chi connectivity index (χ0n) is 10.9. The van der Waals surface area contributed by atoms with Crippen LogP contribution in [0.25, 0.3) is 0 Å². The highest BCUT2D eigenvalue weighted by Gasteiger charge is 2.10. The molecule has 0 amide bonds. The van der Waals surface area contributed by atoms with Crippen molar-refractivity contribution in [1.29, 1.82) is 0 Å².